The van der Waals surface area contributed by atoms with Gasteiger partial charge in [0, 0.05) is 50.8 Å². The van der Waals surface area contributed by atoms with Crippen molar-refractivity contribution in [3.8, 4) is 0 Å². The van der Waals surface area contributed by atoms with E-state index < -0.39 is 0 Å². The van der Waals surface area contributed by atoms with Crippen molar-refractivity contribution in [3.63, 3.8) is 0 Å². The Kier molecular flexibility index (Phi) is 7.77. The van der Waals surface area contributed by atoms with E-state index in [1.165, 1.54) is 16.7 Å². The van der Waals surface area contributed by atoms with Crippen LogP contribution in [0, 0.1) is 13.8 Å². The highest BCUT2D eigenvalue weighted by molar-refractivity contribution is 7.80. The fourth-order valence-corrected chi connectivity index (χ4v) is 3.62. The second-order valence-electron chi connectivity index (χ2n) is 7.26. The van der Waals surface area contributed by atoms with Gasteiger partial charge >= 0.3 is 0 Å². The van der Waals surface area contributed by atoms with E-state index in [2.05, 4.69) is 64.3 Å². The number of nitrogens with zero attached hydrogens (tertiary/aromatic N) is 3. The molecule has 3 rings (SSSR count). The first-order valence-electron chi connectivity index (χ1n) is 9.94. The number of ether oxygens (including phenoxy) is 1. The summed E-state index contributed by atoms with van der Waals surface area (Å²) in [5, 5.41) is 4.24. The summed E-state index contributed by atoms with van der Waals surface area (Å²) >= 11 is 5.79. The quantitative estimate of drug-likeness (QED) is 0.719. The summed E-state index contributed by atoms with van der Waals surface area (Å²) in [5.74, 6) is 0. The molecule has 1 saturated heterocycles. The van der Waals surface area contributed by atoms with E-state index >= 15 is 0 Å². The Morgan fingerprint density at radius 1 is 1.18 bits per heavy atom. The molecule has 1 fully saturated rings. The molecule has 0 bridgehead atoms. The van der Waals surface area contributed by atoms with Crippen molar-refractivity contribution < 1.29 is 4.74 Å². The molecule has 28 heavy (non-hydrogen) atoms. The van der Waals surface area contributed by atoms with Crippen LogP contribution in [0.4, 0.5) is 5.69 Å². The Labute approximate surface area is 173 Å². The van der Waals surface area contributed by atoms with Crippen LogP contribution in [0.5, 0.6) is 0 Å². The van der Waals surface area contributed by atoms with Gasteiger partial charge in [-0.2, -0.15) is 0 Å². The number of morpholine rings is 1. The molecular weight excluding hydrogens is 368 g/mol. The van der Waals surface area contributed by atoms with Gasteiger partial charge in [0.25, 0.3) is 0 Å². The van der Waals surface area contributed by atoms with Gasteiger partial charge in [0.2, 0.25) is 0 Å². The maximum Gasteiger partial charge on any atom is 0.173 e. The molecule has 1 N–H and O–H groups in total. The molecule has 0 saturated carbocycles. The number of hydrogen-bond acceptors (Lipinski definition) is 4. The molecule has 0 amide bonds. The summed E-state index contributed by atoms with van der Waals surface area (Å²) in [6.07, 6.45) is 4.74. The smallest absolute Gasteiger partial charge is 0.173 e. The summed E-state index contributed by atoms with van der Waals surface area (Å²) in [5.41, 5.74) is 4.80. The van der Waals surface area contributed by atoms with Crippen molar-refractivity contribution in [3.05, 3.63) is 59.4 Å². The lowest BCUT2D eigenvalue weighted by Crippen LogP contribution is -2.40. The van der Waals surface area contributed by atoms with Crippen molar-refractivity contribution in [2.24, 2.45) is 0 Å². The number of pyridine rings is 1. The SMILES string of the molecule is Cc1cccc(NC(=S)N(CCCN2CCOCC2)Cc2ccncc2)c1C. The number of hydrogen-bond donors (Lipinski definition) is 1. The van der Waals surface area contributed by atoms with E-state index in [1.807, 2.05) is 12.4 Å². The number of aromatic nitrogens is 1. The molecule has 1 aliphatic heterocycles. The minimum absolute atomic E-state index is 0.771. The third kappa shape index (κ3) is 5.99. The van der Waals surface area contributed by atoms with Crippen LogP contribution in [0.25, 0.3) is 0 Å². The van der Waals surface area contributed by atoms with Crippen LogP contribution in [0.1, 0.15) is 23.1 Å². The van der Waals surface area contributed by atoms with E-state index in [0.29, 0.717) is 0 Å². The third-order valence-corrected chi connectivity index (χ3v) is 5.62. The van der Waals surface area contributed by atoms with Crippen molar-refractivity contribution in [2.45, 2.75) is 26.8 Å². The predicted octanol–water partition coefficient (Wildman–Crippen LogP) is 3.62. The predicted molar refractivity (Wildman–Crippen MR) is 119 cm³/mol. The molecular formula is C22H30N4OS. The normalized spacial score (nSPS) is 14.6. The third-order valence-electron chi connectivity index (χ3n) is 5.26. The molecule has 1 aliphatic rings. The highest BCUT2D eigenvalue weighted by atomic mass is 32.1. The number of thiocarbonyl (C=S) groups is 1. The second-order valence-corrected chi connectivity index (χ2v) is 7.65. The lowest BCUT2D eigenvalue weighted by Gasteiger charge is -2.30. The van der Waals surface area contributed by atoms with Crippen LogP contribution in [0.3, 0.4) is 0 Å². The molecule has 0 radical (unpaired) electrons. The summed E-state index contributed by atoms with van der Waals surface area (Å²) < 4.78 is 5.44. The van der Waals surface area contributed by atoms with Crippen molar-refractivity contribution in [1.82, 2.24) is 14.8 Å². The molecule has 6 heteroatoms. The average molecular weight is 399 g/mol. The number of aryl methyl sites for hydroxylation is 1. The average Bonchev–Trinajstić information content (AvgIpc) is 2.72. The first kappa shape index (κ1) is 20.7. The Hall–Kier alpha value is -2.02. The topological polar surface area (TPSA) is 40.6 Å². The van der Waals surface area contributed by atoms with Gasteiger partial charge in [0.05, 0.1) is 13.2 Å². The first-order valence-corrected chi connectivity index (χ1v) is 10.4. The molecule has 0 atom stereocenters. The molecule has 150 valence electrons. The first-order chi connectivity index (χ1) is 13.6. The van der Waals surface area contributed by atoms with Crippen LogP contribution in [-0.2, 0) is 11.3 Å². The lowest BCUT2D eigenvalue weighted by molar-refractivity contribution is 0.0368. The minimum atomic E-state index is 0.771. The Bertz CT molecular complexity index is 762. The van der Waals surface area contributed by atoms with Crippen LogP contribution >= 0.6 is 12.2 Å². The molecule has 1 aromatic heterocycles. The number of nitrogens with one attached hydrogen (secondary N) is 1. The van der Waals surface area contributed by atoms with Gasteiger partial charge < -0.3 is 15.0 Å². The highest BCUT2D eigenvalue weighted by Crippen LogP contribution is 2.19. The van der Waals surface area contributed by atoms with Gasteiger partial charge in [-0.15, -0.1) is 0 Å². The van der Waals surface area contributed by atoms with Gasteiger partial charge in [0.15, 0.2) is 5.11 Å². The van der Waals surface area contributed by atoms with E-state index in [4.69, 9.17) is 17.0 Å². The van der Waals surface area contributed by atoms with E-state index in [1.54, 1.807) is 0 Å². The van der Waals surface area contributed by atoms with Crippen LogP contribution < -0.4 is 5.32 Å². The molecule has 0 spiro atoms. The fraction of sp³-hybridized carbons (Fsp3) is 0.455. The van der Waals surface area contributed by atoms with Crippen molar-refractivity contribution in [2.75, 3.05) is 44.7 Å². The van der Waals surface area contributed by atoms with Gasteiger partial charge in [-0.1, -0.05) is 12.1 Å². The monoisotopic (exact) mass is 398 g/mol. The molecule has 1 aromatic carbocycles. The van der Waals surface area contributed by atoms with E-state index in [-0.39, 0.29) is 0 Å². The maximum absolute atomic E-state index is 5.79. The largest absolute Gasteiger partial charge is 0.379 e. The van der Waals surface area contributed by atoms with Crippen LogP contribution in [0.15, 0.2) is 42.7 Å². The number of rotatable bonds is 7. The highest BCUT2D eigenvalue weighted by Gasteiger charge is 2.14. The van der Waals surface area contributed by atoms with Gasteiger partial charge in [-0.05, 0) is 67.4 Å². The van der Waals surface area contributed by atoms with Crippen molar-refractivity contribution in [1.29, 1.82) is 0 Å². The Balaban J connectivity index is 1.63. The van der Waals surface area contributed by atoms with Gasteiger partial charge in [0.1, 0.15) is 0 Å². The van der Waals surface area contributed by atoms with Crippen molar-refractivity contribution >= 4 is 23.0 Å². The maximum atomic E-state index is 5.79. The second kappa shape index (κ2) is 10.5. The van der Waals surface area contributed by atoms with Crippen LogP contribution in [0.2, 0.25) is 0 Å². The molecule has 2 aromatic rings. The zero-order valence-electron chi connectivity index (χ0n) is 16.9. The Morgan fingerprint density at radius 3 is 2.68 bits per heavy atom. The lowest BCUT2D eigenvalue weighted by atomic mass is 10.1. The fourth-order valence-electron chi connectivity index (χ4n) is 3.35. The number of anilines is 1. The number of benzene rings is 1. The van der Waals surface area contributed by atoms with Gasteiger partial charge in [-0.3, -0.25) is 9.88 Å². The van der Waals surface area contributed by atoms with E-state index in [0.717, 1.165) is 63.2 Å². The molecule has 0 aliphatic carbocycles. The standard InChI is InChI=1S/C22H30N4OS/c1-18-5-3-6-21(19(18)2)24-22(28)26(17-20-7-9-23-10-8-20)12-4-11-25-13-15-27-16-14-25/h3,5-10H,4,11-17H2,1-2H3,(H,24,28). The zero-order chi connectivity index (χ0) is 19.8. The van der Waals surface area contributed by atoms with E-state index in [9.17, 15) is 0 Å². The Morgan fingerprint density at radius 2 is 1.93 bits per heavy atom. The molecule has 0 unspecified atom stereocenters. The minimum Gasteiger partial charge on any atom is -0.379 e. The summed E-state index contributed by atoms with van der Waals surface area (Å²) in [7, 11) is 0. The van der Waals surface area contributed by atoms with Crippen LogP contribution in [-0.4, -0.2) is 59.3 Å². The molecule has 2 heterocycles. The summed E-state index contributed by atoms with van der Waals surface area (Å²) in [4.78, 5) is 8.85. The van der Waals surface area contributed by atoms with Gasteiger partial charge in [-0.25, -0.2) is 0 Å². The molecule has 5 nitrogen and oxygen atoms in total. The zero-order valence-corrected chi connectivity index (χ0v) is 17.7. The summed E-state index contributed by atoms with van der Waals surface area (Å²) in [6.45, 7) is 10.7. The summed E-state index contributed by atoms with van der Waals surface area (Å²) in [6, 6.07) is 10.4.